The highest BCUT2D eigenvalue weighted by atomic mass is 35.5. The average Bonchev–Trinajstić information content (AvgIpc) is 3.59. The Labute approximate surface area is 196 Å². The molecule has 0 saturated heterocycles. The van der Waals surface area contributed by atoms with Gasteiger partial charge in [-0.25, -0.2) is 18.2 Å². The minimum Gasteiger partial charge on any atom is -0.394 e. The van der Waals surface area contributed by atoms with Crippen molar-refractivity contribution in [3.05, 3.63) is 81.2 Å². The van der Waals surface area contributed by atoms with Gasteiger partial charge in [-0.15, -0.1) is 0 Å². The van der Waals surface area contributed by atoms with Crippen LogP contribution in [0.1, 0.15) is 18.4 Å². The van der Waals surface area contributed by atoms with Gasteiger partial charge in [-0.1, -0.05) is 11.6 Å². The van der Waals surface area contributed by atoms with Crippen LogP contribution in [0.2, 0.25) is 5.02 Å². The fraction of sp³-hybridized carbons (Fsp3) is 0.261. The van der Waals surface area contributed by atoms with Crippen molar-refractivity contribution in [2.45, 2.75) is 25.4 Å². The number of halogens is 4. The number of hydrogen-bond donors (Lipinski definition) is 2. The summed E-state index contributed by atoms with van der Waals surface area (Å²) in [5, 5.41) is 17.3. The van der Waals surface area contributed by atoms with E-state index in [1.165, 1.54) is 27.8 Å². The zero-order valence-electron chi connectivity index (χ0n) is 17.7. The van der Waals surface area contributed by atoms with Gasteiger partial charge in [-0.05, 0) is 37.0 Å². The van der Waals surface area contributed by atoms with Gasteiger partial charge in [0.1, 0.15) is 11.6 Å². The Bertz CT molecular complexity index is 1450. The molecule has 3 aromatic heterocycles. The van der Waals surface area contributed by atoms with Crippen LogP contribution in [0.15, 0.2) is 47.7 Å². The Hall–Kier alpha value is -3.37. The number of hydrogen-bond acceptors (Lipinski definition) is 5. The molecule has 1 aliphatic carbocycles. The predicted octanol–water partition coefficient (Wildman–Crippen LogP) is 3.88. The van der Waals surface area contributed by atoms with Crippen LogP contribution >= 0.6 is 11.6 Å². The van der Waals surface area contributed by atoms with Crippen molar-refractivity contribution in [1.82, 2.24) is 19.3 Å². The molecular formula is C23H19ClF3N5O2. The molecule has 34 heavy (non-hydrogen) atoms. The molecule has 7 nitrogen and oxygen atoms in total. The second-order valence-corrected chi connectivity index (χ2v) is 8.61. The first kappa shape index (κ1) is 22.4. The van der Waals surface area contributed by atoms with E-state index in [9.17, 15) is 23.1 Å². The zero-order chi connectivity index (χ0) is 24.0. The number of aliphatic hydroxyl groups excluding tert-OH is 1. The summed E-state index contributed by atoms with van der Waals surface area (Å²) in [5.74, 6) is -2.54. The molecule has 0 bridgehead atoms. The molecule has 1 aliphatic rings. The zero-order valence-corrected chi connectivity index (χ0v) is 18.4. The molecule has 0 unspecified atom stereocenters. The highest BCUT2D eigenvalue weighted by Gasteiger charge is 2.31. The van der Waals surface area contributed by atoms with Crippen LogP contribution in [0.5, 0.6) is 0 Å². The lowest BCUT2D eigenvalue weighted by Crippen LogP contribution is -2.26. The van der Waals surface area contributed by atoms with Gasteiger partial charge in [0, 0.05) is 17.8 Å². The molecule has 1 saturated carbocycles. The SMILES string of the molecule is O=c1c2cnn(Cc3c(F)ccc(F)c3F)c2ccn1-c1cc(N[C@H](CO)C2CC2)ncc1Cl. The number of benzene rings is 1. The van der Waals surface area contributed by atoms with E-state index in [1.54, 1.807) is 12.1 Å². The molecule has 1 fully saturated rings. The van der Waals surface area contributed by atoms with Gasteiger partial charge in [0.05, 0.1) is 53.2 Å². The Kier molecular flexibility index (Phi) is 5.78. The summed E-state index contributed by atoms with van der Waals surface area (Å²) in [6.07, 6.45) is 6.23. The standard InChI is InChI=1S/C23H19ClF3N5O2/c24-15-9-28-21(30-18(11-33)12-1-2-12)7-20(15)31-6-5-19-13(23(31)34)8-29-32(19)10-14-16(25)3-4-17(26)22(14)27/h3-9,12,18,33H,1-2,10-11H2,(H,28,30)/t18-/m1/s1. The summed E-state index contributed by atoms with van der Waals surface area (Å²) in [6.45, 7) is -0.432. The van der Waals surface area contributed by atoms with Crippen molar-refractivity contribution in [2.24, 2.45) is 5.92 Å². The molecule has 1 aromatic carbocycles. The maximum atomic E-state index is 14.1. The monoisotopic (exact) mass is 489 g/mol. The molecule has 0 spiro atoms. The van der Waals surface area contributed by atoms with Crippen molar-refractivity contribution >= 4 is 28.3 Å². The van der Waals surface area contributed by atoms with Crippen LogP contribution in [0.3, 0.4) is 0 Å². The van der Waals surface area contributed by atoms with Crippen LogP contribution in [-0.2, 0) is 6.54 Å². The summed E-state index contributed by atoms with van der Waals surface area (Å²) in [5.41, 5.74) is -0.254. The largest absolute Gasteiger partial charge is 0.394 e. The summed E-state index contributed by atoms with van der Waals surface area (Å²) in [7, 11) is 0. The molecule has 1 atom stereocenters. The fourth-order valence-electron chi connectivity index (χ4n) is 3.95. The smallest absolute Gasteiger partial charge is 0.266 e. The summed E-state index contributed by atoms with van der Waals surface area (Å²) < 4.78 is 44.3. The van der Waals surface area contributed by atoms with Crippen molar-refractivity contribution in [1.29, 1.82) is 0 Å². The van der Waals surface area contributed by atoms with Gasteiger partial charge < -0.3 is 10.4 Å². The number of aromatic nitrogens is 4. The van der Waals surface area contributed by atoms with E-state index in [0.29, 0.717) is 29.0 Å². The fourth-order valence-corrected chi connectivity index (χ4v) is 4.14. The second-order valence-electron chi connectivity index (χ2n) is 8.21. The molecule has 2 N–H and O–H groups in total. The molecule has 0 amide bonds. The number of aliphatic hydroxyl groups is 1. The first-order valence-corrected chi connectivity index (χ1v) is 11.0. The topological polar surface area (TPSA) is 85.0 Å². The van der Waals surface area contributed by atoms with Gasteiger partial charge in [0.15, 0.2) is 11.6 Å². The Morgan fingerprint density at radius 2 is 1.94 bits per heavy atom. The molecule has 176 valence electrons. The number of fused-ring (bicyclic) bond motifs is 1. The highest BCUT2D eigenvalue weighted by Crippen LogP contribution is 2.34. The molecule has 11 heteroatoms. The van der Waals surface area contributed by atoms with Gasteiger partial charge in [-0.3, -0.25) is 14.0 Å². The Morgan fingerprint density at radius 3 is 2.68 bits per heavy atom. The van der Waals surface area contributed by atoms with E-state index in [1.807, 2.05) is 0 Å². The molecule has 0 radical (unpaired) electrons. The highest BCUT2D eigenvalue weighted by molar-refractivity contribution is 6.32. The third kappa shape index (κ3) is 4.03. The van der Waals surface area contributed by atoms with Gasteiger partial charge in [-0.2, -0.15) is 5.10 Å². The first-order valence-electron chi connectivity index (χ1n) is 10.6. The minimum absolute atomic E-state index is 0.0398. The molecule has 3 heterocycles. The number of pyridine rings is 2. The van der Waals surface area contributed by atoms with Gasteiger partial charge in [0.2, 0.25) is 0 Å². The number of anilines is 1. The summed E-state index contributed by atoms with van der Waals surface area (Å²) >= 11 is 6.32. The molecule has 5 rings (SSSR count). The van der Waals surface area contributed by atoms with Gasteiger partial charge in [0.25, 0.3) is 5.56 Å². The third-order valence-electron chi connectivity index (χ3n) is 5.97. The van der Waals surface area contributed by atoms with Crippen LogP contribution in [0, 0.1) is 23.4 Å². The number of rotatable bonds is 7. The Balaban J connectivity index is 1.51. The van der Waals surface area contributed by atoms with E-state index in [2.05, 4.69) is 15.4 Å². The van der Waals surface area contributed by atoms with E-state index in [-0.39, 0.29) is 23.1 Å². The molecular weight excluding hydrogens is 471 g/mol. The average molecular weight is 490 g/mol. The van der Waals surface area contributed by atoms with Crippen molar-refractivity contribution in [3.63, 3.8) is 0 Å². The van der Waals surface area contributed by atoms with Crippen LogP contribution in [-0.4, -0.2) is 37.1 Å². The maximum Gasteiger partial charge on any atom is 0.266 e. The minimum atomic E-state index is -1.30. The van der Waals surface area contributed by atoms with Crippen molar-refractivity contribution < 1.29 is 18.3 Å². The van der Waals surface area contributed by atoms with Gasteiger partial charge >= 0.3 is 0 Å². The maximum absolute atomic E-state index is 14.1. The first-order chi connectivity index (χ1) is 16.4. The van der Waals surface area contributed by atoms with E-state index < -0.39 is 35.1 Å². The van der Waals surface area contributed by atoms with E-state index in [0.717, 1.165) is 18.9 Å². The Morgan fingerprint density at radius 1 is 1.18 bits per heavy atom. The second kappa shape index (κ2) is 8.77. The quantitative estimate of drug-likeness (QED) is 0.385. The van der Waals surface area contributed by atoms with E-state index in [4.69, 9.17) is 11.6 Å². The van der Waals surface area contributed by atoms with Crippen LogP contribution in [0.25, 0.3) is 16.6 Å². The van der Waals surface area contributed by atoms with Crippen molar-refractivity contribution in [2.75, 3.05) is 11.9 Å². The van der Waals surface area contributed by atoms with Crippen LogP contribution < -0.4 is 10.9 Å². The lowest BCUT2D eigenvalue weighted by Gasteiger charge is -2.17. The lowest BCUT2D eigenvalue weighted by molar-refractivity contribution is 0.263. The molecule has 0 aliphatic heterocycles. The number of nitrogens with zero attached hydrogens (tertiary/aromatic N) is 4. The normalized spacial score (nSPS) is 14.5. The summed E-state index contributed by atoms with van der Waals surface area (Å²) in [4.78, 5) is 17.4. The predicted molar refractivity (Wildman–Crippen MR) is 121 cm³/mol. The van der Waals surface area contributed by atoms with Crippen LogP contribution in [0.4, 0.5) is 19.0 Å². The summed E-state index contributed by atoms with van der Waals surface area (Å²) in [6, 6.07) is 4.59. The van der Waals surface area contributed by atoms with Crippen molar-refractivity contribution in [3.8, 4) is 5.69 Å². The number of nitrogens with one attached hydrogen (secondary N) is 1. The lowest BCUT2D eigenvalue weighted by atomic mass is 10.2. The van der Waals surface area contributed by atoms with E-state index >= 15 is 0 Å². The third-order valence-corrected chi connectivity index (χ3v) is 6.26. The molecule has 4 aromatic rings.